The van der Waals surface area contributed by atoms with Gasteiger partial charge in [-0.25, -0.2) is 0 Å². The normalized spacial score (nSPS) is 15.3. The maximum atomic E-state index is 12.2. The fourth-order valence-electron chi connectivity index (χ4n) is 2.61. The minimum atomic E-state index is 0.0201. The molecule has 0 saturated carbocycles. The van der Waals surface area contributed by atoms with Gasteiger partial charge >= 0.3 is 0 Å². The van der Waals surface area contributed by atoms with Crippen LogP contribution in [0.5, 0.6) is 0 Å². The first-order valence-corrected chi connectivity index (χ1v) is 8.58. The summed E-state index contributed by atoms with van der Waals surface area (Å²) in [5.74, 6) is 0.0499. The van der Waals surface area contributed by atoms with E-state index >= 15 is 0 Å². The Labute approximate surface area is 139 Å². The SMILES string of the molecule is O=C1CN(CCc2cccs2)C(=O)CN1CCc1ccccn1. The van der Waals surface area contributed by atoms with Crippen molar-refractivity contribution in [1.29, 1.82) is 0 Å². The van der Waals surface area contributed by atoms with Crippen LogP contribution in [-0.2, 0) is 22.4 Å². The zero-order valence-corrected chi connectivity index (χ0v) is 13.7. The molecule has 1 saturated heterocycles. The summed E-state index contributed by atoms with van der Waals surface area (Å²) < 4.78 is 0. The molecule has 1 aliphatic heterocycles. The van der Waals surface area contributed by atoms with Crippen molar-refractivity contribution in [3.63, 3.8) is 0 Å². The van der Waals surface area contributed by atoms with Crippen LogP contribution in [0.4, 0.5) is 0 Å². The van der Waals surface area contributed by atoms with E-state index in [1.165, 1.54) is 4.88 Å². The number of thiophene rings is 1. The van der Waals surface area contributed by atoms with Gasteiger partial charge in [-0.15, -0.1) is 11.3 Å². The van der Waals surface area contributed by atoms with Gasteiger partial charge in [0.15, 0.2) is 0 Å². The molecule has 0 spiro atoms. The summed E-state index contributed by atoms with van der Waals surface area (Å²) >= 11 is 1.68. The quantitative estimate of drug-likeness (QED) is 0.809. The molecule has 2 aromatic heterocycles. The molecule has 0 bridgehead atoms. The van der Waals surface area contributed by atoms with Crippen molar-refractivity contribution in [2.45, 2.75) is 12.8 Å². The molecular weight excluding hydrogens is 310 g/mol. The number of hydrogen-bond donors (Lipinski definition) is 0. The first kappa shape index (κ1) is 15.7. The molecule has 0 aromatic carbocycles. The topological polar surface area (TPSA) is 53.5 Å². The lowest BCUT2D eigenvalue weighted by atomic mass is 10.2. The minimum Gasteiger partial charge on any atom is -0.331 e. The largest absolute Gasteiger partial charge is 0.331 e. The summed E-state index contributed by atoms with van der Waals surface area (Å²) in [6, 6.07) is 9.79. The van der Waals surface area contributed by atoms with Crippen LogP contribution in [0.15, 0.2) is 41.9 Å². The zero-order valence-electron chi connectivity index (χ0n) is 12.9. The van der Waals surface area contributed by atoms with Crippen LogP contribution in [0.3, 0.4) is 0 Å². The van der Waals surface area contributed by atoms with Gasteiger partial charge in [-0.05, 0) is 30.0 Å². The fourth-order valence-corrected chi connectivity index (χ4v) is 3.30. The second-order valence-corrected chi connectivity index (χ2v) is 6.56. The Hall–Kier alpha value is -2.21. The molecule has 0 aliphatic carbocycles. The summed E-state index contributed by atoms with van der Waals surface area (Å²) in [5.41, 5.74) is 0.938. The Morgan fingerprint density at radius 1 is 0.957 bits per heavy atom. The summed E-state index contributed by atoms with van der Waals surface area (Å²) in [7, 11) is 0. The molecule has 0 atom stereocenters. The Morgan fingerprint density at radius 2 is 1.70 bits per heavy atom. The van der Waals surface area contributed by atoms with Gasteiger partial charge in [-0.2, -0.15) is 0 Å². The molecule has 6 heteroatoms. The number of carbonyl (C=O) groups is 2. The lowest BCUT2D eigenvalue weighted by molar-refractivity contribution is -0.150. The third-order valence-corrected chi connectivity index (χ3v) is 4.87. The lowest BCUT2D eigenvalue weighted by Gasteiger charge is -2.33. The van der Waals surface area contributed by atoms with E-state index < -0.39 is 0 Å². The molecule has 1 aliphatic rings. The standard InChI is InChI=1S/C17H19N3O2S/c21-16-13-20(10-7-15-5-3-11-23-15)17(22)12-19(16)9-6-14-4-1-2-8-18-14/h1-5,8,11H,6-7,9-10,12-13H2. The van der Waals surface area contributed by atoms with Crippen LogP contribution in [0.25, 0.3) is 0 Å². The van der Waals surface area contributed by atoms with Crippen molar-refractivity contribution in [2.24, 2.45) is 0 Å². The fraction of sp³-hybridized carbons (Fsp3) is 0.353. The molecule has 2 amide bonds. The van der Waals surface area contributed by atoms with Crippen LogP contribution in [-0.4, -0.2) is 52.8 Å². The van der Waals surface area contributed by atoms with E-state index in [1.54, 1.807) is 27.3 Å². The van der Waals surface area contributed by atoms with E-state index in [1.807, 2.05) is 29.6 Å². The maximum absolute atomic E-state index is 12.2. The predicted octanol–water partition coefficient (Wildman–Crippen LogP) is 1.60. The first-order valence-electron chi connectivity index (χ1n) is 7.70. The number of pyridine rings is 1. The molecule has 120 valence electrons. The second kappa shape index (κ2) is 7.37. The van der Waals surface area contributed by atoms with E-state index in [0.29, 0.717) is 19.5 Å². The second-order valence-electron chi connectivity index (χ2n) is 5.53. The highest BCUT2D eigenvalue weighted by Crippen LogP contribution is 2.12. The van der Waals surface area contributed by atoms with Crippen LogP contribution in [0, 0.1) is 0 Å². The highest BCUT2D eigenvalue weighted by Gasteiger charge is 2.29. The molecule has 0 radical (unpaired) electrons. The predicted molar refractivity (Wildman–Crippen MR) is 89.1 cm³/mol. The maximum Gasteiger partial charge on any atom is 0.242 e. The van der Waals surface area contributed by atoms with Gasteiger partial charge < -0.3 is 9.80 Å². The Morgan fingerprint density at radius 3 is 2.30 bits per heavy atom. The molecule has 2 aromatic rings. The van der Waals surface area contributed by atoms with Crippen molar-refractivity contribution in [1.82, 2.24) is 14.8 Å². The van der Waals surface area contributed by atoms with Crippen molar-refractivity contribution in [3.8, 4) is 0 Å². The highest BCUT2D eigenvalue weighted by molar-refractivity contribution is 7.09. The van der Waals surface area contributed by atoms with Gasteiger partial charge in [0.1, 0.15) is 0 Å². The highest BCUT2D eigenvalue weighted by atomic mass is 32.1. The van der Waals surface area contributed by atoms with E-state index in [4.69, 9.17) is 0 Å². The number of rotatable bonds is 6. The van der Waals surface area contributed by atoms with Crippen molar-refractivity contribution >= 4 is 23.2 Å². The Kier molecular flexibility index (Phi) is 5.02. The monoisotopic (exact) mass is 329 g/mol. The Bertz CT molecular complexity index is 658. The molecule has 23 heavy (non-hydrogen) atoms. The smallest absolute Gasteiger partial charge is 0.242 e. The van der Waals surface area contributed by atoms with Crippen LogP contribution >= 0.6 is 11.3 Å². The van der Waals surface area contributed by atoms with Crippen LogP contribution < -0.4 is 0 Å². The van der Waals surface area contributed by atoms with E-state index in [9.17, 15) is 9.59 Å². The molecule has 5 nitrogen and oxygen atoms in total. The van der Waals surface area contributed by atoms with Gasteiger partial charge in [0.05, 0.1) is 13.1 Å². The number of aromatic nitrogens is 1. The molecule has 0 N–H and O–H groups in total. The number of amides is 2. The van der Waals surface area contributed by atoms with Crippen molar-refractivity contribution < 1.29 is 9.59 Å². The summed E-state index contributed by atoms with van der Waals surface area (Å²) in [5, 5.41) is 2.03. The van der Waals surface area contributed by atoms with Gasteiger partial charge in [0.25, 0.3) is 0 Å². The average molecular weight is 329 g/mol. The van der Waals surface area contributed by atoms with Crippen molar-refractivity contribution in [2.75, 3.05) is 26.2 Å². The number of hydrogen-bond acceptors (Lipinski definition) is 4. The molecule has 3 rings (SSSR count). The van der Waals surface area contributed by atoms with Crippen LogP contribution in [0.1, 0.15) is 10.6 Å². The van der Waals surface area contributed by atoms with E-state index in [-0.39, 0.29) is 24.9 Å². The molecule has 1 fully saturated rings. The third-order valence-electron chi connectivity index (χ3n) is 3.93. The number of piperazine rings is 1. The van der Waals surface area contributed by atoms with E-state index in [0.717, 1.165) is 12.1 Å². The number of nitrogens with zero attached hydrogens (tertiary/aromatic N) is 3. The first-order chi connectivity index (χ1) is 11.2. The summed E-state index contributed by atoms with van der Waals surface area (Å²) in [6.45, 7) is 1.52. The van der Waals surface area contributed by atoms with Gasteiger partial charge in [-0.3, -0.25) is 14.6 Å². The minimum absolute atomic E-state index is 0.0201. The molecular formula is C17H19N3O2S. The lowest BCUT2D eigenvalue weighted by Crippen LogP contribution is -2.54. The van der Waals surface area contributed by atoms with Gasteiger partial charge in [0.2, 0.25) is 11.8 Å². The zero-order chi connectivity index (χ0) is 16.1. The molecule has 0 unspecified atom stereocenters. The van der Waals surface area contributed by atoms with Crippen molar-refractivity contribution in [3.05, 3.63) is 52.5 Å². The van der Waals surface area contributed by atoms with Crippen LogP contribution in [0.2, 0.25) is 0 Å². The number of carbonyl (C=O) groups excluding carboxylic acids is 2. The summed E-state index contributed by atoms with van der Waals surface area (Å²) in [4.78, 5) is 33.3. The van der Waals surface area contributed by atoms with E-state index in [2.05, 4.69) is 11.1 Å². The Balaban J connectivity index is 1.50. The average Bonchev–Trinajstić information content (AvgIpc) is 3.08. The van der Waals surface area contributed by atoms with Gasteiger partial charge in [-0.1, -0.05) is 12.1 Å². The summed E-state index contributed by atoms with van der Waals surface area (Å²) in [6.07, 6.45) is 3.23. The van der Waals surface area contributed by atoms with Gasteiger partial charge in [0, 0.05) is 36.3 Å². The molecule has 3 heterocycles. The third kappa shape index (κ3) is 4.16.